The molecule has 0 bridgehead atoms. The summed E-state index contributed by atoms with van der Waals surface area (Å²) >= 11 is 6.52. The number of allylic oxidation sites excluding steroid dienone is 2. The number of aromatic amines is 1. The minimum Gasteiger partial charge on any atom is -0.358 e. The van der Waals surface area contributed by atoms with Crippen LogP contribution in [0.5, 0.6) is 0 Å². The number of nitrogens with zero attached hydrogens (tertiary/aromatic N) is 3. The van der Waals surface area contributed by atoms with Gasteiger partial charge in [0, 0.05) is 48.8 Å². The van der Waals surface area contributed by atoms with Crippen LogP contribution in [0, 0.1) is 0 Å². The summed E-state index contributed by atoms with van der Waals surface area (Å²) in [5.74, 6) is 0. The van der Waals surface area contributed by atoms with Gasteiger partial charge in [-0.2, -0.15) is 0 Å². The molecule has 0 saturated heterocycles. The Hall–Kier alpha value is -2.59. The molecule has 4 heterocycles. The Morgan fingerprint density at radius 3 is 2.88 bits per heavy atom. The molecule has 0 aliphatic carbocycles. The highest BCUT2D eigenvalue weighted by Gasteiger charge is 2.15. The monoisotopic (exact) mass is 336 g/mol. The zero-order valence-corrected chi connectivity index (χ0v) is 13.9. The molecule has 3 aromatic rings. The van der Waals surface area contributed by atoms with E-state index < -0.39 is 0 Å². The zero-order valence-electron chi connectivity index (χ0n) is 13.1. The van der Waals surface area contributed by atoms with Gasteiger partial charge < -0.3 is 9.88 Å². The Labute approximate surface area is 145 Å². The van der Waals surface area contributed by atoms with Crippen molar-refractivity contribution in [2.75, 3.05) is 13.1 Å². The molecule has 0 atom stereocenters. The number of fused-ring (bicyclic) bond motifs is 1. The number of nitrogens with one attached hydrogen (secondary N) is 1. The number of hydrogen-bond acceptors (Lipinski definition) is 3. The lowest BCUT2D eigenvalue weighted by Gasteiger charge is -2.26. The topological polar surface area (TPSA) is 44.8 Å². The second kappa shape index (κ2) is 6.49. The maximum atomic E-state index is 6.52. The van der Waals surface area contributed by atoms with Crippen molar-refractivity contribution in [2.45, 2.75) is 6.42 Å². The molecule has 4 rings (SSSR count). The van der Waals surface area contributed by atoms with Gasteiger partial charge in [0.2, 0.25) is 0 Å². The maximum Gasteiger partial charge on any atom is 0.137 e. The second-order valence-corrected chi connectivity index (χ2v) is 6.17. The fourth-order valence-corrected chi connectivity index (χ4v) is 3.24. The molecule has 3 aromatic heterocycles. The Kier molecular flexibility index (Phi) is 4.05. The molecular weight excluding hydrogens is 320 g/mol. The Balaban J connectivity index is 1.50. The molecule has 0 radical (unpaired) electrons. The van der Waals surface area contributed by atoms with Crippen LogP contribution in [-0.4, -0.2) is 32.9 Å². The normalized spacial score (nSPS) is 14.6. The van der Waals surface area contributed by atoms with Crippen molar-refractivity contribution in [1.29, 1.82) is 0 Å². The first-order valence-corrected chi connectivity index (χ1v) is 8.33. The molecule has 0 fully saturated rings. The van der Waals surface area contributed by atoms with E-state index in [4.69, 9.17) is 11.6 Å². The fraction of sp³-hybridized carbons (Fsp3) is 0.158. The SMILES string of the molecule is ClC1=CC(c2c[nH]c3ncccc23)=CCN1CCc1ccncc1. The van der Waals surface area contributed by atoms with Crippen molar-refractivity contribution in [3.05, 3.63) is 77.5 Å². The molecule has 4 nitrogen and oxygen atoms in total. The van der Waals surface area contributed by atoms with Gasteiger partial charge in [-0.25, -0.2) is 4.98 Å². The summed E-state index contributed by atoms with van der Waals surface area (Å²) in [6.07, 6.45) is 12.6. The molecule has 0 saturated carbocycles. The lowest BCUT2D eigenvalue weighted by Crippen LogP contribution is -2.25. The highest BCUT2D eigenvalue weighted by molar-refractivity contribution is 6.30. The van der Waals surface area contributed by atoms with E-state index in [0.717, 1.165) is 46.8 Å². The average molecular weight is 337 g/mol. The van der Waals surface area contributed by atoms with Crippen LogP contribution in [0.4, 0.5) is 0 Å². The van der Waals surface area contributed by atoms with E-state index in [1.807, 2.05) is 42.9 Å². The van der Waals surface area contributed by atoms with Crippen molar-refractivity contribution in [3.63, 3.8) is 0 Å². The van der Waals surface area contributed by atoms with Crippen LogP contribution in [0.2, 0.25) is 0 Å². The van der Waals surface area contributed by atoms with Crippen LogP contribution in [0.1, 0.15) is 11.1 Å². The highest BCUT2D eigenvalue weighted by Crippen LogP contribution is 2.29. The van der Waals surface area contributed by atoms with Gasteiger partial charge in [-0.1, -0.05) is 17.7 Å². The molecule has 24 heavy (non-hydrogen) atoms. The largest absolute Gasteiger partial charge is 0.358 e. The lowest BCUT2D eigenvalue weighted by molar-refractivity contribution is 0.405. The molecule has 0 spiro atoms. The minimum absolute atomic E-state index is 0.778. The van der Waals surface area contributed by atoms with Gasteiger partial charge >= 0.3 is 0 Å². The van der Waals surface area contributed by atoms with Gasteiger partial charge in [0.15, 0.2) is 0 Å². The standard InChI is InChI=1S/C19H17ClN4/c20-18-12-15(17-13-23-19-16(17)2-1-7-22-19)6-11-24(18)10-5-14-3-8-21-9-4-14/h1-4,6-9,12-13H,5,10-11H2,(H,22,23). The first-order chi connectivity index (χ1) is 11.8. The maximum absolute atomic E-state index is 6.52. The lowest BCUT2D eigenvalue weighted by atomic mass is 10.0. The van der Waals surface area contributed by atoms with Crippen molar-refractivity contribution in [3.8, 4) is 0 Å². The minimum atomic E-state index is 0.778. The Morgan fingerprint density at radius 1 is 1.17 bits per heavy atom. The predicted octanol–water partition coefficient (Wildman–Crippen LogP) is 3.98. The third kappa shape index (κ3) is 2.93. The van der Waals surface area contributed by atoms with Crippen molar-refractivity contribution in [1.82, 2.24) is 19.9 Å². The number of aromatic nitrogens is 3. The number of hydrogen-bond donors (Lipinski definition) is 1. The van der Waals surface area contributed by atoms with Crippen LogP contribution in [0.25, 0.3) is 16.6 Å². The van der Waals surface area contributed by atoms with Gasteiger partial charge in [-0.3, -0.25) is 4.98 Å². The molecule has 5 heteroatoms. The third-order valence-corrected chi connectivity index (χ3v) is 4.64. The summed E-state index contributed by atoms with van der Waals surface area (Å²) in [6, 6.07) is 8.12. The van der Waals surface area contributed by atoms with Crippen LogP contribution >= 0.6 is 11.6 Å². The smallest absolute Gasteiger partial charge is 0.137 e. The van der Waals surface area contributed by atoms with E-state index in [1.165, 1.54) is 5.56 Å². The summed E-state index contributed by atoms with van der Waals surface area (Å²) in [5, 5.41) is 1.90. The van der Waals surface area contributed by atoms with Crippen molar-refractivity contribution in [2.24, 2.45) is 0 Å². The molecule has 1 N–H and O–H groups in total. The van der Waals surface area contributed by atoms with Gasteiger partial charge in [-0.15, -0.1) is 0 Å². The van der Waals surface area contributed by atoms with E-state index in [9.17, 15) is 0 Å². The van der Waals surface area contributed by atoms with Gasteiger partial charge in [0.1, 0.15) is 10.8 Å². The van der Waals surface area contributed by atoms with Gasteiger partial charge in [0.05, 0.1) is 0 Å². The average Bonchev–Trinajstić information content (AvgIpc) is 3.06. The molecular formula is C19H17ClN4. The van der Waals surface area contributed by atoms with Crippen LogP contribution in [0.15, 0.2) is 66.4 Å². The van der Waals surface area contributed by atoms with Crippen LogP contribution in [0.3, 0.4) is 0 Å². The molecule has 120 valence electrons. The quantitative estimate of drug-likeness (QED) is 0.733. The van der Waals surface area contributed by atoms with Crippen molar-refractivity contribution < 1.29 is 0 Å². The molecule has 1 aliphatic rings. The van der Waals surface area contributed by atoms with E-state index in [0.29, 0.717) is 0 Å². The van der Waals surface area contributed by atoms with E-state index in [1.54, 1.807) is 6.20 Å². The first kappa shape index (κ1) is 15.0. The van der Waals surface area contributed by atoms with E-state index in [2.05, 4.69) is 32.0 Å². The molecule has 0 aromatic carbocycles. The summed E-state index contributed by atoms with van der Waals surface area (Å²) in [6.45, 7) is 1.70. The number of H-pyrrole nitrogens is 1. The highest BCUT2D eigenvalue weighted by atomic mass is 35.5. The molecule has 0 amide bonds. The van der Waals surface area contributed by atoms with Gasteiger partial charge in [-0.05, 0) is 47.9 Å². The fourth-order valence-electron chi connectivity index (χ4n) is 2.97. The van der Waals surface area contributed by atoms with Crippen LogP contribution in [-0.2, 0) is 6.42 Å². The Morgan fingerprint density at radius 2 is 2.04 bits per heavy atom. The number of rotatable bonds is 4. The van der Waals surface area contributed by atoms with Crippen molar-refractivity contribution >= 4 is 28.2 Å². The van der Waals surface area contributed by atoms with E-state index >= 15 is 0 Å². The second-order valence-electron chi connectivity index (χ2n) is 5.78. The van der Waals surface area contributed by atoms with E-state index in [-0.39, 0.29) is 0 Å². The predicted molar refractivity (Wildman–Crippen MR) is 97.5 cm³/mol. The number of pyridine rings is 2. The summed E-state index contributed by atoms with van der Waals surface area (Å²) in [4.78, 5) is 13.8. The first-order valence-electron chi connectivity index (χ1n) is 7.95. The molecule has 0 unspecified atom stereocenters. The number of halogens is 1. The third-order valence-electron chi connectivity index (χ3n) is 4.29. The zero-order chi connectivity index (χ0) is 16.4. The van der Waals surface area contributed by atoms with Gasteiger partial charge in [0.25, 0.3) is 0 Å². The summed E-state index contributed by atoms with van der Waals surface area (Å²) in [7, 11) is 0. The summed E-state index contributed by atoms with van der Waals surface area (Å²) in [5.41, 5.74) is 4.45. The molecule has 1 aliphatic heterocycles. The Bertz CT molecular complexity index is 911. The summed E-state index contributed by atoms with van der Waals surface area (Å²) < 4.78 is 0. The van der Waals surface area contributed by atoms with Crippen LogP contribution < -0.4 is 0 Å².